The van der Waals surface area contributed by atoms with E-state index in [9.17, 15) is 0 Å². The van der Waals surface area contributed by atoms with Crippen LogP contribution in [0.3, 0.4) is 0 Å². The fraction of sp³-hybridized carbons (Fsp3) is 0.0909. The number of nitrogens with one attached hydrogen (secondary N) is 1. The Labute approximate surface area is 177 Å². The first-order valence-electron chi connectivity index (χ1n) is 9.45. The van der Waals surface area contributed by atoms with Crippen molar-refractivity contribution < 1.29 is 0 Å². The molecule has 0 aliphatic heterocycles. The van der Waals surface area contributed by atoms with Crippen molar-refractivity contribution in [2.24, 2.45) is 7.05 Å². The second-order valence-electron chi connectivity index (χ2n) is 6.97. The van der Waals surface area contributed by atoms with Gasteiger partial charge in [-0.2, -0.15) is 5.10 Å². The van der Waals surface area contributed by atoms with E-state index in [2.05, 4.69) is 37.8 Å². The second-order valence-corrected chi connectivity index (χ2v) is 7.41. The van der Waals surface area contributed by atoms with Gasteiger partial charge in [0.15, 0.2) is 0 Å². The summed E-state index contributed by atoms with van der Waals surface area (Å²) >= 11 is 5.97. The summed E-state index contributed by atoms with van der Waals surface area (Å²) in [4.78, 5) is 4.41. The van der Waals surface area contributed by atoms with Gasteiger partial charge in [-0.1, -0.05) is 35.0 Å². The molecule has 0 atom stereocenters. The molecule has 8 heteroatoms. The maximum atomic E-state index is 5.97. The quantitative estimate of drug-likeness (QED) is 0.451. The number of anilines is 2. The number of nitrogens with zero attached hydrogens (tertiary/aromatic N) is 6. The Morgan fingerprint density at radius 2 is 1.77 bits per heavy atom. The van der Waals surface area contributed by atoms with Gasteiger partial charge in [-0.05, 0) is 53.1 Å². The smallest absolute Gasteiger partial charge is 0.132 e. The zero-order chi connectivity index (χ0) is 20.5. The highest BCUT2D eigenvalue weighted by molar-refractivity contribution is 6.30. The number of aromatic nitrogens is 6. The van der Waals surface area contributed by atoms with Crippen molar-refractivity contribution in [2.75, 3.05) is 5.32 Å². The van der Waals surface area contributed by atoms with Crippen LogP contribution in [-0.4, -0.2) is 29.8 Å². The first-order valence-corrected chi connectivity index (χ1v) is 9.83. The van der Waals surface area contributed by atoms with Crippen LogP contribution in [0.1, 0.15) is 5.56 Å². The van der Waals surface area contributed by atoms with Crippen LogP contribution in [0.5, 0.6) is 0 Å². The molecule has 1 N–H and O–H groups in total. The van der Waals surface area contributed by atoms with Crippen molar-refractivity contribution in [1.29, 1.82) is 0 Å². The molecule has 0 spiro atoms. The summed E-state index contributed by atoms with van der Waals surface area (Å²) in [5, 5.41) is 16.9. The van der Waals surface area contributed by atoms with Crippen molar-refractivity contribution >= 4 is 34.3 Å². The standard InChI is InChI=1S/C22H18ClN7/c1-29-22(9-11-25-29)26-21-13-17(8-10-24-21)16-4-7-20-19(12-16)27-28-30(20)14-15-2-5-18(23)6-3-15/h2-13H,14H2,1H3,(H,24,26). The third-order valence-corrected chi connectivity index (χ3v) is 5.18. The maximum absolute atomic E-state index is 5.97. The molecule has 3 aromatic heterocycles. The number of hydrogen-bond donors (Lipinski definition) is 1. The third-order valence-electron chi connectivity index (χ3n) is 4.93. The molecule has 2 aromatic carbocycles. The van der Waals surface area contributed by atoms with Crippen LogP contribution in [0.4, 0.5) is 11.6 Å². The van der Waals surface area contributed by atoms with Crippen LogP contribution in [0, 0.1) is 0 Å². The SMILES string of the molecule is Cn1nccc1Nc1cc(-c2ccc3c(c2)nnn3Cc2ccc(Cl)cc2)ccn1. The Morgan fingerprint density at radius 1 is 0.933 bits per heavy atom. The molecule has 0 unspecified atom stereocenters. The van der Waals surface area contributed by atoms with E-state index in [4.69, 9.17) is 11.6 Å². The molecule has 3 heterocycles. The lowest BCUT2D eigenvalue weighted by atomic mass is 10.1. The minimum absolute atomic E-state index is 0.640. The highest BCUT2D eigenvalue weighted by atomic mass is 35.5. The number of benzene rings is 2. The van der Waals surface area contributed by atoms with Gasteiger partial charge in [0.1, 0.15) is 17.2 Å². The van der Waals surface area contributed by atoms with E-state index >= 15 is 0 Å². The van der Waals surface area contributed by atoms with E-state index in [0.717, 1.165) is 44.4 Å². The van der Waals surface area contributed by atoms with Crippen LogP contribution in [0.15, 0.2) is 73.1 Å². The van der Waals surface area contributed by atoms with Crippen molar-refractivity contribution in [3.05, 3.63) is 83.6 Å². The number of pyridine rings is 1. The molecule has 148 valence electrons. The number of aryl methyl sites for hydroxylation is 1. The highest BCUT2D eigenvalue weighted by Crippen LogP contribution is 2.26. The molecule has 5 aromatic rings. The van der Waals surface area contributed by atoms with Crippen LogP contribution >= 0.6 is 11.6 Å². The summed E-state index contributed by atoms with van der Waals surface area (Å²) in [5.41, 5.74) is 5.05. The van der Waals surface area contributed by atoms with E-state index in [-0.39, 0.29) is 0 Å². The Kier molecular flexibility index (Phi) is 4.65. The zero-order valence-corrected chi connectivity index (χ0v) is 17.0. The molecule has 0 aliphatic carbocycles. The summed E-state index contributed by atoms with van der Waals surface area (Å²) in [5.74, 6) is 1.63. The minimum Gasteiger partial charge on any atom is -0.325 e. The number of fused-ring (bicyclic) bond motifs is 1. The average Bonchev–Trinajstić information content (AvgIpc) is 3.35. The topological polar surface area (TPSA) is 73.5 Å². The van der Waals surface area contributed by atoms with Gasteiger partial charge >= 0.3 is 0 Å². The maximum Gasteiger partial charge on any atom is 0.132 e. The minimum atomic E-state index is 0.640. The summed E-state index contributed by atoms with van der Waals surface area (Å²) in [7, 11) is 1.88. The molecule has 5 rings (SSSR count). The van der Waals surface area contributed by atoms with Crippen LogP contribution < -0.4 is 5.32 Å². The van der Waals surface area contributed by atoms with E-state index in [1.807, 2.05) is 60.3 Å². The van der Waals surface area contributed by atoms with E-state index in [0.29, 0.717) is 6.54 Å². The Hall–Kier alpha value is -3.71. The fourth-order valence-corrected chi connectivity index (χ4v) is 3.46. The molecule has 0 bridgehead atoms. The molecular weight excluding hydrogens is 398 g/mol. The van der Waals surface area contributed by atoms with Crippen molar-refractivity contribution in [3.63, 3.8) is 0 Å². The van der Waals surface area contributed by atoms with Gasteiger partial charge in [-0.3, -0.25) is 4.68 Å². The second kappa shape index (κ2) is 7.61. The lowest BCUT2D eigenvalue weighted by Gasteiger charge is -2.08. The lowest BCUT2D eigenvalue weighted by Crippen LogP contribution is -2.01. The van der Waals surface area contributed by atoms with Gasteiger partial charge in [0.2, 0.25) is 0 Å². The van der Waals surface area contributed by atoms with Crippen molar-refractivity contribution in [3.8, 4) is 11.1 Å². The number of hydrogen-bond acceptors (Lipinski definition) is 5. The predicted octanol–water partition coefficient (Wildman–Crippen LogP) is 4.67. The first kappa shape index (κ1) is 18.3. The van der Waals surface area contributed by atoms with Gasteiger partial charge in [-0.25, -0.2) is 9.67 Å². The molecule has 30 heavy (non-hydrogen) atoms. The third kappa shape index (κ3) is 3.62. The Morgan fingerprint density at radius 3 is 2.57 bits per heavy atom. The van der Waals surface area contributed by atoms with Gasteiger partial charge in [0.25, 0.3) is 0 Å². The van der Waals surface area contributed by atoms with E-state index in [1.165, 1.54) is 0 Å². The summed E-state index contributed by atoms with van der Waals surface area (Å²) < 4.78 is 3.66. The van der Waals surface area contributed by atoms with Crippen LogP contribution in [-0.2, 0) is 13.6 Å². The van der Waals surface area contributed by atoms with Crippen molar-refractivity contribution in [1.82, 2.24) is 29.8 Å². The zero-order valence-electron chi connectivity index (χ0n) is 16.2. The van der Waals surface area contributed by atoms with Gasteiger partial charge in [-0.15, -0.1) is 5.10 Å². The molecule has 0 aliphatic rings. The molecule has 0 saturated carbocycles. The molecule has 7 nitrogen and oxygen atoms in total. The summed E-state index contributed by atoms with van der Waals surface area (Å²) in [6.07, 6.45) is 3.53. The predicted molar refractivity (Wildman–Crippen MR) is 118 cm³/mol. The lowest BCUT2D eigenvalue weighted by molar-refractivity contribution is 0.670. The highest BCUT2D eigenvalue weighted by Gasteiger charge is 2.09. The molecule has 0 fully saturated rings. The number of halogens is 1. The van der Waals surface area contributed by atoms with Crippen LogP contribution in [0.25, 0.3) is 22.2 Å². The van der Waals surface area contributed by atoms with Gasteiger partial charge in [0, 0.05) is 24.3 Å². The number of rotatable bonds is 5. The first-order chi connectivity index (χ1) is 14.7. The Bertz CT molecular complexity index is 1320. The monoisotopic (exact) mass is 415 g/mol. The van der Waals surface area contributed by atoms with E-state index < -0.39 is 0 Å². The molecule has 0 amide bonds. The summed E-state index contributed by atoms with van der Waals surface area (Å²) in [6.45, 7) is 0.640. The largest absolute Gasteiger partial charge is 0.325 e. The average molecular weight is 416 g/mol. The molecule has 0 saturated heterocycles. The summed E-state index contributed by atoms with van der Waals surface area (Å²) in [6, 6.07) is 19.8. The molecular formula is C22H18ClN7. The molecule has 0 radical (unpaired) electrons. The van der Waals surface area contributed by atoms with Crippen LogP contribution in [0.2, 0.25) is 5.02 Å². The van der Waals surface area contributed by atoms with Gasteiger partial charge < -0.3 is 5.32 Å². The fourth-order valence-electron chi connectivity index (χ4n) is 3.34. The van der Waals surface area contributed by atoms with E-state index in [1.54, 1.807) is 17.1 Å². The van der Waals surface area contributed by atoms with Gasteiger partial charge in [0.05, 0.1) is 18.3 Å². The van der Waals surface area contributed by atoms with Crippen molar-refractivity contribution in [2.45, 2.75) is 6.54 Å². The Balaban J connectivity index is 1.42. The normalized spacial score (nSPS) is 11.1.